The van der Waals surface area contributed by atoms with Gasteiger partial charge in [-0.25, -0.2) is 0 Å². The van der Waals surface area contributed by atoms with Crippen LogP contribution in [0.15, 0.2) is 0 Å². The number of nitrogens with one attached hydrogen (secondary N) is 1. The van der Waals surface area contributed by atoms with Crippen LogP contribution in [-0.4, -0.2) is 49.3 Å². The Morgan fingerprint density at radius 1 is 1.27 bits per heavy atom. The first kappa shape index (κ1) is 11.4. The summed E-state index contributed by atoms with van der Waals surface area (Å²) in [6.07, 6.45) is 4.29. The van der Waals surface area contributed by atoms with E-state index >= 15 is 0 Å². The molecule has 15 heavy (non-hydrogen) atoms. The molecule has 0 bridgehead atoms. The van der Waals surface area contributed by atoms with Gasteiger partial charge in [-0.1, -0.05) is 0 Å². The van der Waals surface area contributed by atoms with Crippen LogP contribution in [0.3, 0.4) is 0 Å². The van der Waals surface area contributed by atoms with Gasteiger partial charge in [0.15, 0.2) is 0 Å². The van der Waals surface area contributed by atoms with Crippen LogP contribution in [0.4, 0.5) is 0 Å². The fourth-order valence-corrected chi connectivity index (χ4v) is 2.78. The van der Waals surface area contributed by atoms with Crippen LogP contribution in [0, 0.1) is 0 Å². The number of piperazine rings is 1. The Bertz CT molecular complexity index is 182. The molecule has 0 saturated carbocycles. The van der Waals surface area contributed by atoms with Gasteiger partial charge in [-0.3, -0.25) is 4.90 Å². The molecule has 0 aliphatic carbocycles. The fourth-order valence-electron chi connectivity index (χ4n) is 2.78. The third kappa shape index (κ3) is 2.92. The van der Waals surface area contributed by atoms with Crippen LogP contribution in [0.1, 0.15) is 33.1 Å². The molecule has 88 valence electrons. The van der Waals surface area contributed by atoms with Crippen molar-refractivity contribution in [1.29, 1.82) is 0 Å². The zero-order valence-electron chi connectivity index (χ0n) is 10.0. The largest absolute Gasteiger partial charge is 0.378 e. The van der Waals surface area contributed by atoms with Gasteiger partial charge in [0.2, 0.25) is 0 Å². The van der Waals surface area contributed by atoms with Gasteiger partial charge < -0.3 is 10.1 Å². The molecule has 3 heteroatoms. The van der Waals surface area contributed by atoms with Crippen molar-refractivity contribution in [2.45, 2.75) is 51.3 Å². The third-order valence-corrected chi connectivity index (χ3v) is 3.75. The van der Waals surface area contributed by atoms with Gasteiger partial charge in [-0.05, 0) is 33.1 Å². The van der Waals surface area contributed by atoms with Gasteiger partial charge in [0, 0.05) is 38.3 Å². The van der Waals surface area contributed by atoms with Crippen molar-refractivity contribution in [2.75, 3.05) is 26.2 Å². The second kappa shape index (κ2) is 5.28. The minimum absolute atomic E-state index is 0.541. The highest BCUT2D eigenvalue weighted by atomic mass is 16.5. The lowest BCUT2D eigenvalue weighted by atomic mass is 10.1. The van der Waals surface area contributed by atoms with Crippen molar-refractivity contribution in [3.05, 3.63) is 0 Å². The van der Waals surface area contributed by atoms with Crippen LogP contribution in [0.25, 0.3) is 0 Å². The predicted molar refractivity (Wildman–Crippen MR) is 62.1 cm³/mol. The van der Waals surface area contributed by atoms with Gasteiger partial charge >= 0.3 is 0 Å². The molecule has 3 atom stereocenters. The maximum absolute atomic E-state index is 5.67. The molecule has 2 fully saturated rings. The summed E-state index contributed by atoms with van der Waals surface area (Å²) in [4.78, 5) is 2.62. The number of rotatable bonds is 3. The highest BCUT2D eigenvalue weighted by molar-refractivity contribution is 4.83. The Hall–Kier alpha value is -0.120. The molecule has 0 aromatic rings. The van der Waals surface area contributed by atoms with Gasteiger partial charge in [-0.15, -0.1) is 0 Å². The quantitative estimate of drug-likeness (QED) is 0.762. The van der Waals surface area contributed by atoms with Crippen LogP contribution in [0.2, 0.25) is 0 Å². The van der Waals surface area contributed by atoms with E-state index in [1.165, 1.54) is 25.8 Å². The second-order valence-electron chi connectivity index (χ2n) is 5.02. The van der Waals surface area contributed by atoms with Gasteiger partial charge in [-0.2, -0.15) is 0 Å². The van der Waals surface area contributed by atoms with Crippen LogP contribution in [0.5, 0.6) is 0 Å². The van der Waals surface area contributed by atoms with E-state index in [9.17, 15) is 0 Å². The Morgan fingerprint density at radius 2 is 2.00 bits per heavy atom. The normalized spacial score (nSPS) is 38.4. The standard InChI is InChI=1S/C12H24N2O/c1-10-8-13-9-11(2)14(10)6-5-12-4-3-7-15-12/h10-13H,3-9H2,1-2H3. The number of hydrogen-bond acceptors (Lipinski definition) is 3. The molecule has 0 spiro atoms. The number of hydrogen-bond donors (Lipinski definition) is 1. The van der Waals surface area contributed by atoms with Crippen molar-refractivity contribution in [2.24, 2.45) is 0 Å². The molecule has 0 aromatic heterocycles. The lowest BCUT2D eigenvalue weighted by Crippen LogP contribution is -2.55. The maximum atomic E-state index is 5.67. The van der Waals surface area contributed by atoms with Crippen molar-refractivity contribution in [1.82, 2.24) is 10.2 Å². The molecule has 2 saturated heterocycles. The fraction of sp³-hybridized carbons (Fsp3) is 1.00. The summed E-state index contributed by atoms with van der Waals surface area (Å²) < 4.78 is 5.67. The number of nitrogens with zero attached hydrogens (tertiary/aromatic N) is 1. The highest BCUT2D eigenvalue weighted by Crippen LogP contribution is 2.18. The summed E-state index contributed by atoms with van der Waals surface area (Å²) in [5.41, 5.74) is 0. The first-order valence-corrected chi connectivity index (χ1v) is 6.35. The Morgan fingerprint density at radius 3 is 2.60 bits per heavy atom. The first-order valence-electron chi connectivity index (χ1n) is 6.35. The van der Waals surface area contributed by atoms with Gasteiger partial charge in [0.05, 0.1) is 6.10 Å². The highest BCUT2D eigenvalue weighted by Gasteiger charge is 2.25. The molecule has 3 nitrogen and oxygen atoms in total. The van der Waals surface area contributed by atoms with Crippen molar-refractivity contribution < 1.29 is 4.74 Å². The van der Waals surface area contributed by atoms with Crippen molar-refractivity contribution in [3.8, 4) is 0 Å². The summed E-state index contributed by atoms with van der Waals surface area (Å²) in [5, 5.41) is 3.47. The van der Waals surface area contributed by atoms with Crippen LogP contribution < -0.4 is 5.32 Å². The number of ether oxygens (including phenoxy) is 1. The Balaban J connectivity index is 1.75. The zero-order valence-corrected chi connectivity index (χ0v) is 10.0. The van der Waals surface area contributed by atoms with E-state index in [0.717, 1.165) is 19.7 Å². The monoisotopic (exact) mass is 212 g/mol. The van der Waals surface area contributed by atoms with Crippen LogP contribution in [-0.2, 0) is 4.74 Å². The average molecular weight is 212 g/mol. The summed E-state index contributed by atoms with van der Waals surface area (Å²) >= 11 is 0. The summed E-state index contributed by atoms with van der Waals surface area (Å²) in [6.45, 7) is 9.09. The van der Waals surface area contributed by atoms with E-state index in [4.69, 9.17) is 4.74 Å². The zero-order chi connectivity index (χ0) is 10.7. The lowest BCUT2D eigenvalue weighted by Gasteiger charge is -2.39. The topological polar surface area (TPSA) is 24.5 Å². The molecular weight excluding hydrogens is 188 g/mol. The van der Waals surface area contributed by atoms with E-state index in [-0.39, 0.29) is 0 Å². The lowest BCUT2D eigenvalue weighted by molar-refractivity contribution is 0.0645. The molecule has 2 aliphatic rings. The summed E-state index contributed by atoms with van der Waals surface area (Å²) in [6, 6.07) is 1.35. The van der Waals surface area contributed by atoms with Crippen LogP contribution >= 0.6 is 0 Å². The molecule has 1 N–H and O–H groups in total. The Kier molecular flexibility index (Phi) is 4.00. The van der Waals surface area contributed by atoms with Gasteiger partial charge in [0.1, 0.15) is 0 Å². The molecule has 2 heterocycles. The summed E-state index contributed by atoms with van der Waals surface area (Å²) in [5.74, 6) is 0. The smallest absolute Gasteiger partial charge is 0.0588 e. The first-order chi connectivity index (χ1) is 7.27. The molecule has 0 amide bonds. The second-order valence-corrected chi connectivity index (χ2v) is 5.02. The Labute approximate surface area is 93.2 Å². The van der Waals surface area contributed by atoms with E-state index in [0.29, 0.717) is 18.2 Å². The van der Waals surface area contributed by atoms with E-state index in [1.54, 1.807) is 0 Å². The molecule has 3 unspecified atom stereocenters. The minimum Gasteiger partial charge on any atom is -0.378 e. The van der Waals surface area contributed by atoms with E-state index in [1.807, 2.05) is 0 Å². The third-order valence-electron chi connectivity index (χ3n) is 3.75. The average Bonchev–Trinajstić information content (AvgIpc) is 2.70. The van der Waals surface area contributed by atoms with E-state index in [2.05, 4.69) is 24.1 Å². The molecular formula is C12H24N2O. The molecule has 0 radical (unpaired) electrons. The summed E-state index contributed by atoms with van der Waals surface area (Å²) in [7, 11) is 0. The van der Waals surface area contributed by atoms with E-state index < -0.39 is 0 Å². The SMILES string of the molecule is CC1CNCC(C)N1CCC1CCCO1. The maximum Gasteiger partial charge on any atom is 0.0588 e. The molecule has 0 aromatic carbocycles. The molecule has 2 aliphatic heterocycles. The van der Waals surface area contributed by atoms with Crippen molar-refractivity contribution in [3.63, 3.8) is 0 Å². The minimum atomic E-state index is 0.541. The van der Waals surface area contributed by atoms with Gasteiger partial charge in [0.25, 0.3) is 0 Å². The molecule has 2 rings (SSSR count). The van der Waals surface area contributed by atoms with Crippen molar-refractivity contribution >= 4 is 0 Å². The predicted octanol–water partition coefficient (Wildman–Crippen LogP) is 1.24.